The molecule has 1 amide bonds. The molecule has 0 fully saturated rings. The number of likely N-dealkylation sites (N-methyl/N-ethyl adjacent to an activating group) is 1. The third-order valence-corrected chi connectivity index (χ3v) is 2.91. The minimum atomic E-state index is -0.280. The zero-order valence-electron chi connectivity index (χ0n) is 10.9. The van der Waals surface area contributed by atoms with Crippen molar-refractivity contribution in [2.45, 2.75) is 19.5 Å². The number of carbonyl (C=O) groups is 1. The maximum absolute atomic E-state index is 11.6. The molecule has 1 heterocycles. The summed E-state index contributed by atoms with van der Waals surface area (Å²) in [6, 6.07) is 9.49. The van der Waals surface area contributed by atoms with E-state index in [2.05, 4.69) is 10.3 Å². The lowest BCUT2D eigenvalue weighted by Gasteiger charge is -2.14. The first-order chi connectivity index (χ1) is 9.22. The third kappa shape index (κ3) is 3.20. The molecule has 0 radical (unpaired) electrons. The van der Waals surface area contributed by atoms with Crippen molar-refractivity contribution < 1.29 is 4.79 Å². The van der Waals surface area contributed by atoms with Crippen LogP contribution in [0.15, 0.2) is 42.9 Å². The van der Waals surface area contributed by atoms with Gasteiger partial charge in [-0.25, -0.2) is 4.98 Å². The van der Waals surface area contributed by atoms with Gasteiger partial charge >= 0.3 is 0 Å². The largest absolute Gasteiger partial charge is 0.355 e. The van der Waals surface area contributed by atoms with E-state index in [0.29, 0.717) is 6.54 Å². The monoisotopic (exact) mass is 258 g/mol. The van der Waals surface area contributed by atoms with Crippen molar-refractivity contribution in [3.05, 3.63) is 54.1 Å². The molecule has 3 N–H and O–H groups in total. The third-order valence-electron chi connectivity index (χ3n) is 2.91. The van der Waals surface area contributed by atoms with Gasteiger partial charge in [-0.1, -0.05) is 30.3 Å². The lowest BCUT2D eigenvalue weighted by molar-refractivity contribution is -0.121. The van der Waals surface area contributed by atoms with Gasteiger partial charge in [0.15, 0.2) is 0 Å². The number of nitrogens with zero attached hydrogens (tertiary/aromatic N) is 2. The van der Waals surface area contributed by atoms with E-state index in [1.807, 2.05) is 37.3 Å². The van der Waals surface area contributed by atoms with Gasteiger partial charge in [-0.3, -0.25) is 4.79 Å². The van der Waals surface area contributed by atoms with Crippen LogP contribution in [0.25, 0.3) is 0 Å². The first kappa shape index (κ1) is 13.3. The fourth-order valence-electron chi connectivity index (χ4n) is 1.96. The molecule has 0 aliphatic rings. The second-order valence-corrected chi connectivity index (χ2v) is 4.29. The first-order valence-corrected chi connectivity index (χ1v) is 6.29. The van der Waals surface area contributed by atoms with E-state index in [9.17, 15) is 4.79 Å². The molecule has 0 aliphatic carbocycles. The van der Waals surface area contributed by atoms with E-state index in [1.165, 1.54) is 0 Å². The van der Waals surface area contributed by atoms with Crippen molar-refractivity contribution in [3.63, 3.8) is 0 Å². The molecule has 2 rings (SSSR count). The van der Waals surface area contributed by atoms with Gasteiger partial charge in [-0.15, -0.1) is 0 Å². The standard InChI is InChI=1S/C14H18N4O/c1-2-17-13(19)9-18-10-16-8-12(18)14(15)11-6-4-3-5-7-11/h3-8,10,14H,2,9,15H2,1H3,(H,17,19). The summed E-state index contributed by atoms with van der Waals surface area (Å²) in [5.41, 5.74) is 8.05. The van der Waals surface area contributed by atoms with Crippen LogP contribution in [0.4, 0.5) is 0 Å². The van der Waals surface area contributed by atoms with Crippen LogP contribution in [-0.4, -0.2) is 22.0 Å². The number of nitrogens with two attached hydrogens (primary N) is 1. The van der Waals surface area contributed by atoms with Gasteiger partial charge in [-0.2, -0.15) is 0 Å². The molecular weight excluding hydrogens is 240 g/mol. The highest BCUT2D eigenvalue weighted by Gasteiger charge is 2.14. The number of nitrogens with one attached hydrogen (secondary N) is 1. The van der Waals surface area contributed by atoms with Crippen LogP contribution in [0.5, 0.6) is 0 Å². The molecule has 1 atom stereocenters. The van der Waals surface area contributed by atoms with Crippen LogP contribution in [-0.2, 0) is 11.3 Å². The Morgan fingerprint density at radius 1 is 1.42 bits per heavy atom. The van der Waals surface area contributed by atoms with Crippen molar-refractivity contribution in [1.82, 2.24) is 14.9 Å². The number of rotatable bonds is 5. The van der Waals surface area contributed by atoms with Crippen molar-refractivity contribution >= 4 is 5.91 Å². The highest BCUT2D eigenvalue weighted by Crippen LogP contribution is 2.18. The number of hydrogen-bond acceptors (Lipinski definition) is 3. The number of amides is 1. The maximum Gasteiger partial charge on any atom is 0.239 e. The topological polar surface area (TPSA) is 72.9 Å². The Kier molecular flexibility index (Phi) is 4.30. The first-order valence-electron chi connectivity index (χ1n) is 6.29. The number of hydrogen-bond donors (Lipinski definition) is 2. The van der Waals surface area contributed by atoms with Crippen LogP contribution in [0.1, 0.15) is 24.2 Å². The molecule has 0 aliphatic heterocycles. The number of imidazole rings is 1. The molecule has 1 unspecified atom stereocenters. The van der Waals surface area contributed by atoms with E-state index in [4.69, 9.17) is 5.73 Å². The summed E-state index contributed by atoms with van der Waals surface area (Å²) in [6.45, 7) is 2.75. The van der Waals surface area contributed by atoms with Crippen LogP contribution < -0.4 is 11.1 Å². The summed E-state index contributed by atoms with van der Waals surface area (Å²) < 4.78 is 1.78. The molecule has 1 aromatic carbocycles. The van der Waals surface area contributed by atoms with Gasteiger partial charge in [0.25, 0.3) is 0 Å². The van der Waals surface area contributed by atoms with E-state index in [-0.39, 0.29) is 18.5 Å². The van der Waals surface area contributed by atoms with E-state index in [0.717, 1.165) is 11.3 Å². The molecule has 0 saturated heterocycles. The Labute approximate surface area is 112 Å². The van der Waals surface area contributed by atoms with Crippen LogP contribution in [0.2, 0.25) is 0 Å². The zero-order chi connectivity index (χ0) is 13.7. The van der Waals surface area contributed by atoms with Crippen molar-refractivity contribution in [2.24, 2.45) is 5.73 Å². The minimum Gasteiger partial charge on any atom is -0.355 e. The molecule has 100 valence electrons. The molecular formula is C14H18N4O. The van der Waals surface area contributed by atoms with E-state index in [1.54, 1.807) is 17.1 Å². The Hall–Kier alpha value is -2.14. The lowest BCUT2D eigenvalue weighted by Crippen LogP contribution is -2.28. The van der Waals surface area contributed by atoms with Crippen molar-refractivity contribution in [1.29, 1.82) is 0 Å². The number of carbonyl (C=O) groups excluding carboxylic acids is 1. The van der Waals surface area contributed by atoms with Gasteiger partial charge in [0.05, 0.1) is 24.3 Å². The van der Waals surface area contributed by atoms with Gasteiger partial charge in [-0.05, 0) is 12.5 Å². The quantitative estimate of drug-likeness (QED) is 0.842. The van der Waals surface area contributed by atoms with Gasteiger partial charge < -0.3 is 15.6 Å². The molecule has 0 saturated carbocycles. The highest BCUT2D eigenvalue weighted by atomic mass is 16.1. The molecule has 0 spiro atoms. The summed E-state index contributed by atoms with van der Waals surface area (Å²) in [7, 11) is 0. The molecule has 1 aromatic heterocycles. The number of aromatic nitrogens is 2. The van der Waals surface area contributed by atoms with Crippen molar-refractivity contribution in [2.75, 3.05) is 6.54 Å². The fraction of sp³-hybridized carbons (Fsp3) is 0.286. The summed E-state index contributed by atoms with van der Waals surface area (Å²) in [4.78, 5) is 15.7. The Morgan fingerprint density at radius 2 is 2.16 bits per heavy atom. The second kappa shape index (κ2) is 6.15. The van der Waals surface area contributed by atoms with Crippen LogP contribution >= 0.6 is 0 Å². The summed E-state index contributed by atoms with van der Waals surface area (Å²) in [5, 5.41) is 2.76. The zero-order valence-corrected chi connectivity index (χ0v) is 10.9. The van der Waals surface area contributed by atoms with Gasteiger partial charge in [0.2, 0.25) is 5.91 Å². The summed E-state index contributed by atoms with van der Waals surface area (Å²) in [5.74, 6) is -0.0398. The highest BCUT2D eigenvalue weighted by molar-refractivity contribution is 5.75. The van der Waals surface area contributed by atoms with Crippen LogP contribution in [0, 0.1) is 0 Å². The molecule has 19 heavy (non-hydrogen) atoms. The average Bonchev–Trinajstić information content (AvgIpc) is 2.87. The van der Waals surface area contributed by atoms with Gasteiger partial charge in [0, 0.05) is 6.54 Å². The molecule has 5 heteroatoms. The van der Waals surface area contributed by atoms with Crippen molar-refractivity contribution in [3.8, 4) is 0 Å². The maximum atomic E-state index is 11.6. The average molecular weight is 258 g/mol. The SMILES string of the molecule is CCNC(=O)Cn1cncc1C(N)c1ccccc1. The molecule has 0 bridgehead atoms. The molecule has 2 aromatic rings. The van der Waals surface area contributed by atoms with Crippen LogP contribution in [0.3, 0.4) is 0 Å². The Balaban J connectivity index is 2.17. The minimum absolute atomic E-state index is 0.0398. The summed E-state index contributed by atoms with van der Waals surface area (Å²) in [6.07, 6.45) is 3.34. The summed E-state index contributed by atoms with van der Waals surface area (Å²) >= 11 is 0. The normalized spacial score (nSPS) is 12.1. The predicted octanol–water partition coefficient (Wildman–Crippen LogP) is 1.07. The number of benzene rings is 1. The smallest absolute Gasteiger partial charge is 0.239 e. The fourth-order valence-corrected chi connectivity index (χ4v) is 1.96. The second-order valence-electron chi connectivity index (χ2n) is 4.29. The predicted molar refractivity (Wildman–Crippen MR) is 73.4 cm³/mol. The lowest BCUT2D eigenvalue weighted by atomic mass is 10.1. The Morgan fingerprint density at radius 3 is 2.84 bits per heavy atom. The van der Waals surface area contributed by atoms with E-state index < -0.39 is 0 Å². The Bertz CT molecular complexity index is 535. The van der Waals surface area contributed by atoms with Gasteiger partial charge in [0.1, 0.15) is 6.54 Å². The van der Waals surface area contributed by atoms with E-state index >= 15 is 0 Å². The molecule has 5 nitrogen and oxygen atoms in total.